The normalized spacial score (nSPS) is 34.8. The van der Waals surface area contributed by atoms with Crippen molar-refractivity contribution in [3.05, 3.63) is 95.1 Å². The number of nitrogens with one attached hydrogen (secondary N) is 1. The van der Waals surface area contributed by atoms with Crippen LogP contribution in [-0.4, -0.2) is 55.9 Å². The summed E-state index contributed by atoms with van der Waals surface area (Å²) in [5, 5.41) is 3.85. The van der Waals surface area contributed by atoms with Crippen LogP contribution in [0.1, 0.15) is 72.9 Å². The maximum absolute atomic E-state index is 13.2. The van der Waals surface area contributed by atoms with Gasteiger partial charge in [-0.1, -0.05) is 66.7 Å². The third-order valence-corrected chi connectivity index (χ3v) is 13.2. The summed E-state index contributed by atoms with van der Waals surface area (Å²) in [6.07, 6.45) is 7.70. The summed E-state index contributed by atoms with van der Waals surface area (Å²) in [6.45, 7) is 2.30. The van der Waals surface area contributed by atoms with E-state index >= 15 is 0 Å². The van der Waals surface area contributed by atoms with E-state index in [1.165, 1.54) is 30.5 Å². The number of nitrogens with zero attached hydrogens (tertiary/aromatic N) is 1. The van der Waals surface area contributed by atoms with Gasteiger partial charge in [0.25, 0.3) is 0 Å². The average Bonchev–Trinajstić information content (AvgIpc) is 3.83. The zero-order chi connectivity index (χ0) is 31.3. The van der Waals surface area contributed by atoms with Crippen molar-refractivity contribution in [1.29, 1.82) is 0 Å². The Labute approximate surface area is 271 Å². The maximum atomic E-state index is 13.2. The molecule has 0 radical (unpaired) electrons. The fraction of sp³-hybridized carbons (Fsp3) is 0.513. The summed E-state index contributed by atoms with van der Waals surface area (Å²) in [5.41, 5.74) is 10.3. The molecule has 4 saturated carbocycles. The molecule has 1 saturated heterocycles. The lowest BCUT2D eigenvalue weighted by atomic mass is 9.34. The van der Waals surface area contributed by atoms with Crippen LogP contribution < -0.4 is 20.5 Å². The smallest absolute Gasteiger partial charge is 0.239 e. The molecule has 240 valence electrons. The zero-order valence-electron chi connectivity index (χ0n) is 26.9. The molecule has 5 fully saturated rings. The van der Waals surface area contributed by atoms with Crippen LogP contribution in [-0.2, 0) is 21.4 Å². The van der Waals surface area contributed by atoms with E-state index in [0.29, 0.717) is 6.04 Å². The molecule has 8 atom stereocenters. The third-order valence-electron chi connectivity index (χ3n) is 13.2. The van der Waals surface area contributed by atoms with Gasteiger partial charge in [-0.25, -0.2) is 0 Å². The minimum atomic E-state index is -0.641. The number of rotatable bonds is 10. The molecule has 3 aromatic carbocycles. The summed E-state index contributed by atoms with van der Waals surface area (Å²) < 4.78 is 20.2. The van der Waals surface area contributed by atoms with E-state index in [0.717, 1.165) is 67.2 Å². The van der Waals surface area contributed by atoms with Gasteiger partial charge in [0.1, 0.15) is 17.7 Å². The number of likely N-dealkylation sites (tertiary alicyclic amines) is 1. The Bertz CT molecular complexity index is 1660. The van der Waals surface area contributed by atoms with Crippen molar-refractivity contribution in [2.75, 3.05) is 27.3 Å². The van der Waals surface area contributed by atoms with Gasteiger partial charge in [0.05, 0.1) is 7.11 Å². The van der Waals surface area contributed by atoms with Crippen molar-refractivity contribution in [3.8, 4) is 11.5 Å². The van der Waals surface area contributed by atoms with Crippen molar-refractivity contribution in [2.45, 2.75) is 80.2 Å². The molecule has 7 aliphatic rings. The number of methoxy groups -OCH3 is 2. The standard InChI is InChI=1S/C39H45N3O4/c1-44-29-16-15-27-21-30-37-17-18-39(45-2,36-38(37,31(27)34(29)46-36)19-20-42(30)23-24-13-14-24)28(22-37)32(25-9-5-3-6-10-25)41-33(35(40)43)26-11-7-4-8-12-26/h3-12,15-16,24,28,30,32-33,36,41H,13-14,17-23H2,1-2H3,(H2,40,43)/t28-,30-,32-,33?,36-,37-,38+,39-/m1/s1. The van der Waals surface area contributed by atoms with Crippen molar-refractivity contribution in [3.63, 3.8) is 0 Å². The van der Waals surface area contributed by atoms with Gasteiger partial charge in [-0.3, -0.25) is 15.0 Å². The highest BCUT2D eigenvalue weighted by molar-refractivity contribution is 5.81. The molecule has 2 aliphatic heterocycles. The predicted molar refractivity (Wildman–Crippen MR) is 176 cm³/mol. The van der Waals surface area contributed by atoms with Crippen molar-refractivity contribution in [2.24, 2.45) is 23.0 Å². The molecule has 1 unspecified atom stereocenters. The molecule has 0 aromatic heterocycles. The van der Waals surface area contributed by atoms with Gasteiger partial charge in [-0.05, 0) is 80.2 Å². The molecular weight excluding hydrogens is 574 g/mol. The first-order chi connectivity index (χ1) is 22.5. The van der Waals surface area contributed by atoms with Crippen LogP contribution in [0.5, 0.6) is 11.5 Å². The third kappa shape index (κ3) is 3.73. The summed E-state index contributed by atoms with van der Waals surface area (Å²) >= 11 is 0. The van der Waals surface area contributed by atoms with E-state index in [-0.39, 0.29) is 34.8 Å². The molecule has 7 heteroatoms. The molecular formula is C39H45N3O4. The number of hydrogen-bond donors (Lipinski definition) is 2. The van der Waals surface area contributed by atoms with Crippen LogP contribution in [0.25, 0.3) is 0 Å². The van der Waals surface area contributed by atoms with Gasteiger partial charge in [0.2, 0.25) is 5.91 Å². The second-order valence-electron chi connectivity index (χ2n) is 14.9. The fourth-order valence-corrected chi connectivity index (χ4v) is 11.3. The molecule has 10 rings (SSSR count). The SMILES string of the molecule is COc1ccc2c3c1O[C@H]1[C@@]4(OC)CC[C@@]5(C[C@@H]4[C@H](NC(C(N)=O)c4ccccc4)c4ccccc4)[C@@H](C2)N(CC2CC2)CC[C@]315. The van der Waals surface area contributed by atoms with Gasteiger partial charge < -0.3 is 19.9 Å². The number of hydrogen-bond acceptors (Lipinski definition) is 6. The molecule has 5 aliphatic carbocycles. The van der Waals surface area contributed by atoms with Crippen LogP contribution in [0, 0.1) is 17.3 Å². The number of carbonyl (C=O) groups is 1. The minimum absolute atomic E-state index is 0.0179. The zero-order valence-corrected chi connectivity index (χ0v) is 26.9. The molecule has 4 bridgehead atoms. The number of primary amides is 1. The number of fused-ring (bicyclic) bond motifs is 2. The fourth-order valence-electron chi connectivity index (χ4n) is 11.3. The predicted octanol–water partition coefficient (Wildman–Crippen LogP) is 5.48. The Kier molecular flexibility index (Phi) is 6.45. The summed E-state index contributed by atoms with van der Waals surface area (Å²) in [7, 11) is 3.65. The Balaban J connectivity index is 1.23. The van der Waals surface area contributed by atoms with Gasteiger partial charge >= 0.3 is 0 Å². The quantitative estimate of drug-likeness (QED) is 0.313. The number of carbonyl (C=O) groups excluding carboxylic acids is 1. The highest BCUT2D eigenvalue weighted by Gasteiger charge is 2.81. The molecule has 1 amide bonds. The first kappa shape index (κ1) is 28.8. The second-order valence-corrected chi connectivity index (χ2v) is 14.9. The van der Waals surface area contributed by atoms with Crippen molar-refractivity contribution in [1.82, 2.24) is 10.2 Å². The molecule has 46 heavy (non-hydrogen) atoms. The van der Waals surface area contributed by atoms with Crippen LogP contribution in [0.15, 0.2) is 72.8 Å². The van der Waals surface area contributed by atoms with Crippen LogP contribution in [0.2, 0.25) is 0 Å². The van der Waals surface area contributed by atoms with Crippen LogP contribution in [0.3, 0.4) is 0 Å². The van der Waals surface area contributed by atoms with Crippen LogP contribution >= 0.6 is 0 Å². The Morgan fingerprint density at radius 3 is 2.41 bits per heavy atom. The molecule has 7 nitrogen and oxygen atoms in total. The Hall–Kier alpha value is -3.39. The number of nitrogens with two attached hydrogens (primary N) is 1. The minimum Gasteiger partial charge on any atom is -0.493 e. The average molecular weight is 620 g/mol. The van der Waals surface area contributed by atoms with Crippen molar-refractivity contribution < 1.29 is 19.0 Å². The Morgan fingerprint density at radius 1 is 1.00 bits per heavy atom. The first-order valence-electron chi connectivity index (χ1n) is 17.3. The highest BCUT2D eigenvalue weighted by Crippen LogP contribution is 2.77. The molecule has 3 aromatic rings. The van der Waals surface area contributed by atoms with E-state index < -0.39 is 11.6 Å². The Morgan fingerprint density at radius 2 is 1.74 bits per heavy atom. The monoisotopic (exact) mass is 619 g/mol. The maximum Gasteiger partial charge on any atom is 0.239 e. The van der Waals surface area contributed by atoms with Gasteiger partial charge in [0, 0.05) is 48.0 Å². The molecule has 3 N–H and O–H groups in total. The first-order valence-corrected chi connectivity index (χ1v) is 17.3. The number of amides is 1. The number of benzene rings is 3. The van der Waals surface area contributed by atoms with Gasteiger partial charge in [-0.2, -0.15) is 0 Å². The van der Waals surface area contributed by atoms with Crippen LogP contribution in [0.4, 0.5) is 0 Å². The molecule has 2 spiro atoms. The van der Waals surface area contributed by atoms with E-state index in [1.807, 2.05) is 37.4 Å². The van der Waals surface area contributed by atoms with E-state index in [4.69, 9.17) is 19.9 Å². The van der Waals surface area contributed by atoms with Gasteiger partial charge in [-0.15, -0.1) is 0 Å². The lowest BCUT2D eigenvalue weighted by Gasteiger charge is -2.74. The van der Waals surface area contributed by atoms with Gasteiger partial charge in [0.15, 0.2) is 11.5 Å². The van der Waals surface area contributed by atoms with Crippen molar-refractivity contribution >= 4 is 5.91 Å². The number of piperidine rings is 1. The summed E-state index contributed by atoms with van der Waals surface area (Å²) in [4.78, 5) is 16.1. The largest absolute Gasteiger partial charge is 0.493 e. The lowest BCUT2D eigenvalue weighted by molar-refractivity contribution is -0.282. The van der Waals surface area contributed by atoms with E-state index in [2.05, 4.69) is 52.7 Å². The second kappa shape index (κ2) is 10.3. The lowest BCUT2D eigenvalue weighted by Crippen LogP contribution is -2.81. The topological polar surface area (TPSA) is 86.0 Å². The number of ether oxygens (including phenoxy) is 3. The van der Waals surface area contributed by atoms with E-state index in [9.17, 15) is 4.79 Å². The highest BCUT2D eigenvalue weighted by atomic mass is 16.6. The summed E-state index contributed by atoms with van der Waals surface area (Å²) in [5.74, 6) is 2.27. The van der Waals surface area contributed by atoms with E-state index in [1.54, 1.807) is 7.11 Å². The summed E-state index contributed by atoms with van der Waals surface area (Å²) in [6, 6.07) is 24.6. The molecule has 2 heterocycles.